The number of hydrogen-bond acceptors (Lipinski definition) is 6. The molecule has 0 radical (unpaired) electrons. The van der Waals surface area contributed by atoms with Gasteiger partial charge in [0.1, 0.15) is 24.4 Å². The lowest BCUT2D eigenvalue weighted by molar-refractivity contribution is -0.132. The molecule has 0 amide bonds. The van der Waals surface area contributed by atoms with Gasteiger partial charge in [-0.3, -0.25) is 0 Å². The molecule has 0 aromatic carbocycles. The standard InChI is InChI=1S/C9H20O6/c1-5(2)15-4-7(12)9(14)8(13)6(11)3-10/h5-14H,3-4H2,1-2H3. The molecule has 0 aliphatic carbocycles. The molecule has 5 N–H and O–H groups in total. The van der Waals surface area contributed by atoms with Crippen LogP contribution in [0.4, 0.5) is 0 Å². The fourth-order valence-electron chi connectivity index (χ4n) is 0.953. The minimum Gasteiger partial charge on any atom is -0.394 e. The third kappa shape index (κ3) is 5.41. The summed E-state index contributed by atoms with van der Waals surface area (Å²) in [4.78, 5) is 0. The van der Waals surface area contributed by atoms with Crippen LogP contribution in [0.3, 0.4) is 0 Å². The van der Waals surface area contributed by atoms with Crippen LogP contribution in [-0.4, -0.2) is 69.3 Å². The molecule has 0 bridgehead atoms. The monoisotopic (exact) mass is 224 g/mol. The Hall–Kier alpha value is -0.240. The molecule has 0 aliphatic rings. The summed E-state index contributed by atoms with van der Waals surface area (Å²) in [7, 11) is 0. The van der Waals surface area contributed by atoms with Crippen molar-refractivity contribution >= 4 is 0 Å². The number of ether oxygens (including phenoxy) is 1. The Morgan fingerprint density at radius 2 is 1.40 bits per heavy atom. The molecular formula is C9H20O6. The van der Waals surface area contributed by atoms with E-state index in [0.29, 0.717) is 0 Å². The Morgan fingerprint density at radius 3 is 1.80 bits per heavy atom. The predicted octanol–water partition coefficient (Wildman–Crippen LogP) is -2.15. The van der Waals surface area contributed by atoms with Gasteiger partial charge in [0.05, 0.1) is 19.3 Å². The summed E-state index contributed by atoms with van der Waals surface area (Å²) in [5, 5.41) is 45.5. The van der Waals surface area contributed by atoms with Crippen LogP contribution < -0.4 is 0 Å². The zero-order valence-corrected chi connectivity index (χ0v) is 8.95. The smallest absolute Gasteiger partial charge is 0.111 e. The van der Waals surface area contributed by atoms with Crippen molar-refractivity contribution in [2.75, 3.05) is 13.2 Å². The lowest BCUT2D eigenvalue weighted by atomic mass is 10.0. The van der Waals surface area contributed by atoms with Crippen molar-refractivity contribution in [3.63, 3.8) is 0 Å². The molecule has 0 rings (SSSR count). The molecule has 0 aromatic heterocycles. The van der Waals surface area contributed by atoms with Gasteiger partial charge >= 0.3 is 0 Å². The zero-order valence-electron chi connectivity index (χ0n) is 8.95. The predicted molar refractivity (Wildman–Crippen MR) is 52.2 cm³/mol. The molecule has 6 nitrogen and oxygen atoms in total. The van der Waals surface area contributed by atoms with E-state index in [-0.39, 0.29) is 12.7 Å². The number of hydrogen-bond donors (Lipinski definition) is 5. The minimum absolute atomic E-state index is 0.105. The average molecular weight is 224 g/mol. The van der Waals surface area contributed by atoms with Crippen molar-refractivity contribution in [1.82, 2.24) is 0 Å². The first kappa shape index (κ1) is 14.8. The third-order valence-electron chi connectivity index (χ3n) is 1.93. The van der Waals surface area contributed by atoms with Gasteiger partial charge in [-0.2, -0.15) is 0 Å². The van der Waals surface area contributed by atoms with Gasteiger partial charge in [-0.25, -0.2) is 0 Å². The van der Waals surface area contributed by atoms with Gasteiger partial charge in [0.25, 0.3) is 0 Å². The lowest BCUT2D eigenvalue weighted by Crippen LogP contribution is -2.47. The largest absolute Gasteiger partial charge is 0.394 e. The van der Waals surface area contributed by atoms with Crippen LogP contribution in [0.25, 0.3) is 0 Å². The molecule has 92 valence electrons. The highest BCUT2D eigenvalue weighted by molar-refractivity contribution is 4.80. The van der Waals surface area contributed by atoms with Gasteiger partial charge in [-0.05, 0) is 13.8 Å². The third-order valence-corrected chi connectivity index (χ3v) is 1.93. The van der Waals surface area contributed by atoms with Crippen LogP contribution in [-0.2, 0) is 4.74 Å². The maximum absolute atomic E-state index is 9.35. The van der Waals surface area contributed by atoms with Crippen LogP contribution in [0.15, 0.2) is 0 Å². The SMILES string of the molecule is CC(C)OCC(O)C(O)C(O)C(O)CO. The fraction of sp³-hybridized carbons (Fsp3) is 1.00. The Kier molecular flexibility index (Phi) is 6.99. The second kappa shape index (κ2) is 7.10. The summed E-state index contributed by atoms with van der Waals surface area (Å²) in [6.45, 7) is 2.69. The maximum Gasteiger partial charge on any atom is 0.111 e. The zero-order chi connectivity index (χ0) is 12.0. The van der Waals surface area contributed by atoms with Gasteiger partial charge in [0.2, 0.25) is 0 Å². The Balaban J connectivity index is 4.01. The molecule has 0 aliphatic heterocycles. The highest BCUT2D eigenvalue weighted by Crippen LogP contribution is 2.06. The van der Waals surface area contributed by atoms with E-state index in [1.807, 2.05) is 0 Å². The summed E-state index contributed by atoms with van der Waals surface area (Å²) in [5.41, 5.74) is 0. The second-order valence-corrected chi connectivity index (χ2v) is 3.68. The van der Waals surface area contributed by atoms with Gasteiger partial charge in [-0.15, -0.1) is 0 Å². The van der Waals surface area contributed by atoms with E-state index in [1.54, 1.807) is 13.8 Å². The molecule has 0 saturated carbocycles. The van der Waals surface area contributed by atoms with Gasteiger partial charge in [0, 0.05) is 0 Å². The Labute approximate surface area is 88.7 Å². The van der Waals surface area contributed by atoms with Crippen molar-refractivity contribution in [1.29, 1.82) is 0 Å². The first-order valence-corrected chi connectivity index (χ1v) is 4.84. The van der Waals surface area contributed by atoms with E-state index in [9.17, 15) is 15.3 Å². The highest BCUT2D eigenvalue weighted by Gasteiger charge is 2.30. The lowest BCUT2D eigenvalue weighted by Gasteiger charge is -2.25. The molecule has 0 saturated heterocycles. The molecule has 15 heavy (non-hydrogen) atoms. The van der Waals surface area contributed by atoms with E-state index in [2.05, 4.69) is 0 Å². The van der Waals surface area contributed by atoms with Crippen molar-refractivity contribution in [2.45, 2.75) is 44.4 Å². The van der Waals surface area contributed by atoms with Crippen molar-refractivity contribution in [3.8, 4) is 0 Å². The second-order valence-electron chi connectivity index (χ2n) is 3.68. The van der Waals surface area contributed by atoms with Crippen LogP contribution in [0.2, 0.25) is 0 Å². The van der Waals surface area contributed by atoms with Gasteiger partial charge in [0.15, 0.2) is 0 Å². The summed E-state index contributed by atoms with van der Waals surface area (Å²) >= 11 is 0. The molecule has 0 spiro atoms. The summed E-state index contributed by atoms with van der Waals surface area (Å²) in [6.07, 6.45) is -6.03. The van der Waals surface area contributed by atoms with Crippen LogP contribution >= 0.6 is 0 Å². The first-order chi connectivity index (χ1) is 6.90. The normalized spacial score (nSPS) is 20.0. The van der Waals surface area contributed by atoms with Crippen molar-refractivity contribution in [2.24, 2.45) is 0 Å². The quantitative estimate of drug-likeness (QED) is 0.337. The number of aliphatic hydroxyl groups is 5. The van der Waals surface area contributed by atoms with Crippen molar-refractivity contribution in [3.05, 3.63) is 0 Å². The molecule has 4 atom stereocenters. The van der Waals surface area contributed by atoms with E-state index in [0.717, 1.165) is 0 Å². The molecule has 6 heteroatoms. The van der Waals surface area contributed by atoms with E-state index in [1.165, 1.54) is 0 Å². The van der Waals surface area contributed by atoms with E-state index in [4.69, 9.17) is 14.9 Å². The Morgan fingerprint density at radius 1 is 0.933 bits per heavy atom. The van der Waals surface area contributed by atoms with Crippen LogP contribution in [0.5, 0.6) is 0 Å². The minimum atomic E-state index is -1.60. The van der Waals surface area contributed by atoms with E-state index < -0.39 is 31.0 Å². The first-order valence-electron chi connectivity index (χ1n) is 4.84. The average Bonchev–Trinajstić information content (AvgIpc) is 2.22. The molecule has 0 aromatic rings. The topological polar surface area (TPSA) is 110 Å². The maximum atomic E-state index is 9.35. The van der Waals surface area contributed by atoms with Gasteiger partial charge in [-0.1, -0.05) is 0 Å². The summed E-state index contributed by atoms with van der Waals surface area (Å²) in [6, 6.07) is 0. The number of rotatable bonds is 7. The van der Waals surface area contributed by atoms with Crippen LogP contribution in [0, 0.1) is 0 Å². The summed E-state index contributed by atoms with van der Waals surface area (Å²) in [5.74, 6) is 0. The van der Waals surface area contributed by atoms with Crippen LogP contribution in [0.1, 0.15) is 13.8 Å². The van der Waals surface area contributed by atoms with E-state index >= 15 is 0 Å². The summed E-state index contributed by atoms with van der Waals surface area (Å²) < 4.78 is 5.02. The molecule has 4 unspecified atom stereocenters. The highest BCUT2D eigenvalue weighted by atomic mass is 16.5. The van der Waals surface area contributed by atoms with Crippen molar-refractivity contribution < 1.29 is 30.3 Å². The molecular weight excluding hydrogens is 204 g/mol. The fourth-order valence-corrected chi connectivity index (χ4v) is 0.953. The molecule has 0 fully saturated rings. The molecule has 0 heterocycles. The Bertz CT molecular complexity index is 163. The number of aliphatic hydroxyl groups excluding tert-OH is 5. The van der Waals surface area contributed by atoms with Gasteiger partial charge < -0.3 is 30.3 Å².